The maximum Gasteiger partial charge on any atom is 0.254 e. The molecular weight excluding hydrogens is 462 g/mol. The van der Waals surface area contributed by atoms with E-state index in [2.05, 4.69) is 26.2 Å². The fraction of sp³-hybridized carbons (Fsp3) is 0.433. The molecular formula is C30H29N5O2. The molecule has 1 aliphatic heterocycles. The van der Waals surface area contributed by atoms with Crippen molar-refractivity contribution in [1.82, 2.24) is 19.0 Å². The number of nitrogens with zero attached hydrogens (tertiary/aromatic N) is 5. The van der Waals surface area contributed by atoms with Gasteiger partial charge in [0.1, 0.15) is 11.3 Å². The van der Waals surface area contributed by atoms with Crippen LogP contribution in [0.3, 0.4) is 0 Å². The van der Waals surface area contributed by atoms with E-state index in [9.17, 15) is 10.1 Å². The third-order valence-corrected chi connectivity index (χ3v) is 9.57. The Labute approximate surface area is 215 Å². The fourth-order valence-corrected chi connectivity index (χ4v) is 7.60. The molecule has 0 radical (unpaired) electrons. The topological polar surface area (TPSA) is 76.1 Å². The van der Waals surface area contributed by atoms with Crippen molar-refractivity contribution in [2.24, 2.45) is 24.3 Å². The molecule has 4 aliphatic carbocycles. The lowest BCUT2D eigenvalue weighted by molar-refractivity contribution is -0.0552. The lowest BCUT2D eigenvalue weighted by Crippen LogP contribution is -2.64. The average molecular weight is 492 g/mol. The minimum atomic E-state index is 0.0995. The van der Waals surface area contributed by atoms with Gasteiger partial charge in [0.2, 0.25) is 0 Å². The highest BCUT2D eigenvalue weighted by molar-refractivity contribution is 6.01. The zero-order valence-corrected chi connectivity index (χ0v) is 21.2. The number of hydrogen-bond donors (Lipinski definition) is 0. The molecule has 1 spiro atoms. The second kappa shape index (κ2) is 7.16. The van der Waals surface area contributed by atoms with Crippen LogP contribution in [0.2, 0.25) is 0 Å². The van der Waals surface area contributed by atoms with Crippen molar-refractivity contribution in [3.05, 3.63) is 47.5 Å². The molecule has 4 saturated carbocycles. The minimum Gasteiger partial charge on any atom is -0.494 e. The summed E-state index contributed by atoms with van der Waals surface area (Å²) in [6.07, 6.45) is 6.27. The van der Waals surface area contributed by atoms with Crippen molar-refractivity contribution in [1.29, 1.82) is 5.26 Å². The Morgan fingerprint density at radius 3 is 2.78 bits per heavy atom. The molecule has 0 N–H and O–H groups in total. The van der Waals surface area contributed by atoms with Crippen molar-refractivity contribution in [3.63, 3.8) is 0 Å². The first-order chi connectivity index (χ1) is 18.0. The van der Waals surface area contributed by atoms with Gasteiger partial charge in [-0.1, -0.05) is 0 Å². The van der Waals surface area contributed by atoms with E-state index in [1.165, 1.54) is 25.7 Å². The number of likely N-dealkylation sites (tertiary alicyclic amines) is 1. The summed E-state index contributed by atoms with van der Waals surface area (Å²) in [5.74, 6) is 3.12. The van der Waals surface area contributed by atoms with Gasteiger partial charge in [-0.2, -0.15) is 5.26 Å². The average Bonchev–Trinajstić information content (AvgIpc) is 3.35. The third-order valence-electron chi connectivity index (χ3n) is 9.57. The number of ether oxygens (including phenoxy) is 1. The summed E-state index contributed by atoms with van der Waals surface area (Å²) >= 11 is 0. The first-order valence-corrected chi connectivity index (χ1v) is 13.4. The summed E-state index contributed by atoms with van der Waals surface area (Å²) in [7, 11) is 3.67. The van der Waals surface area contributed by atoms with Crippen molar-refractivity contribution >= 4 is 27.8 Å². The summed E-state index contributed by atoms with van der Waals surface area (Å²) in [6, 6.07) is 14.5. The Morgan fingerprint density at radius 1 is 1.22 bits per heavy atom. The minimum absolute atomic E-state index is 0.0995. The lowest BCUT2D eigenvalue weighted by Gasteiger charge is -2.56. The van der Waals surface area contributed by atoms with E-state index in [-0.39, 0.29) is 5.91 Å². The van der Waals surface area contributed by atoms with E-state index in [1.807, 2.05) is 37.4 Å². The molecule has 5 fully saturated rings. The monoisotopic (exact) mass is 491 g/mol. The van der Waals surface area contributed by atoms with E-state index in [0.29, 0.717) is 34.3 Å². The number of aromatic nitrogens is 3. The normalized spacial score (nSPS) is 25.6. The number of aryl methyl sites for hydroxylation is 1. The summed E-state index contributed by atoms with van der Waals surface area (Å²) in [5.41, 5.74) is 5.55. The largest absolute Gasteiger partial charge is 0.494 e. The van der Waals surface area contributed by atoms with E-state index < -0.39 is 0 Å². The van der Waals surface area contributed by atoms with Gasteiger partial charge in [0.15, 0.2) is 5.82 Å². The quantitative estimate of drug-likeness (QED) is 0.389. The maximum absolute atomic E-state index is 13.6. The van der Waals surface area contributed by atoms with Gasteiger partial charge in [0, 0.05) is 48.1 Å². The number of hydrogen-bond acceptors (Lipinski definition) is 4. The molecule has 1 unspecified atom stereocenters. The first kappa shape index (κ1) is 21.3. The second-order valence-electron chi connectivity index (χ2n) is 11.8. The lowest BCUT2D eigenvalue weighted by atomic mass is 9.63. The van der Waals surface area contributed by atoms with Gasteiger partial charge >= 0.3 is 0 Å². The predicted octanol–water partition coefficient (Wildman–Crippen LogP) is 5.11. The number of imidazole rings is 1. The molecule has 2 bridgehead atoms. The zero-order chi connectivity index (χ0) is 25.1. The molecule has 37 heavy (non-hydrogen) atoms. The number of fused-ring (bicyclic) bond motifs is 2. The molecule has 3 heterocycles. The highest BCUT2D eigenvalue weighted by Crippen LogP contribution is 2.66. The van der Waals surface area contributed by atoms with Crippen molar-refractivity contribution < 1.29 is 9.53 Å². The van der Waals surface area contributed by atoms with Crippen LogP contribution in [-0.2, 0) is 13.6 Å². The Bertz CT molecular complexity index is 1680. The highest BCUT2D eigenvalue weighted by atomic mass is 16.5. The van der Waals surface area contributed by atoms with Crippen LogP contribution in [0.4, 0.5) is 0 Å². The van der Waals surface area contributed by atoms with Crippen LogP contribution in [0.25, 0.3) is 33.5 Å². The molecule has 1 amide bonds. The number of rotatable bonds is 5. The number of carbonyl (C=O) groups is 1. The van der Waals surface area contributed by atoms with E-state index in [4.69, 9.17) is 9.72 Å². The Kier molecular flexibility index (Phi) is 4.12. The Balaban J connectivity index is 1.24. The van der Waals surface area contributed by atoms with Crippen LogP contribution in [0, 0.1) is 28.6 Å². The van der Waals surface area contributed by atoms with Crippen molar-refractivity contribution in [2.45, 2.75) is 44.7 Å². The van der Waals surface area contributed by atoms with E-state index in [1.54, 1.807) is 7.11 Å². The number of nitriles is 1. The third kappa shape index (κ3) is 2.87. The van der Waals surface area contributed by atoms with Gasteiger partial charge in [-0.15, -0.1) is 0 Å². The van der Waals surface area contributed by atoms with Crippen molar-refractivity contribution in [2.75, 3.05) is 13.7 Å². The molecule has 1 atom stereocenters. The molecule has 7 heteroatoms. The molecule has 4 aromatic rings. The summed E-state index contributed by atoms with van der Waals surface area (Å²) in [4.78, 5) is 20.7. The van der Waals surface area contributed by atoms with E-state index in [0.717, 1.165) is 58.9 Å². The zero-order valence-electron chi connectivity index (χ0n) is 21.2. The Morgan fingerprint density at radius 2 is 2.05 bits per heavy atom. The van der Waals surface area contributed by atoms with Gasteiger partial charge < -0.3 is 18.8 Å². The summed E-state index contributed by atoms with van der Waals surface area (Å²) < 4.78 is 10.2. The van der Waals surface area contributed by atoms with Crippen LogP contribution in [0.5, 0.6) is 5.75 Å². The SMILES string of the molecule is COc1cc(C(=O)N2CC34CC(CC23)C4)cc2nc(-c3cc4cc(C#N)ccc4n3CC3CC3)n(C)c12. The Hall–Kier alpha value is -3.79. The molecule has 5 aliphatic rings. The number of benzene rings is 2. The molecule has 2 aromatic carbocycles. The van der Waals surface area contributed by atoms with Gasteiger partial charge in [0.05, 0.1) is 30.0 Å². The number of carbonyl (C=O) groups excluding carboxylic acids is 1. The smallest absolute Gasteiger partial charge is 0.254 e. The molecule has 186 valence electrons. The molecule has 2 aromatic heterocycles. The van der Waals surface area contributed by atoms with E-state index >= 15 is 0 Å². The summed E-state index contributed by atoms with van der Waals surface area (Å²) in [6.45, 7) is 1.83. The van der Waals surface area contributed by atoms with Gasteiger partial charge in [-0.05, 0) is 80.3 Å². The standard InChI is InChI=1S/C30H29N5O2/c1-33-27-22(9-21(11-25(27)37-2)29(36)35-16-30-12-19(13-30)8-26(30)35)32-28(33)24-10-20-7-18(14-31)5-6-23(20)34(24)15-17-3-4-17/h5-7,9-11,17,19,26H,3-4,8,12-13,15-16H2,1-2H3. The van der Waals surface area contributed by atoms with Crippen molar-refractivity contribution in [3.8, 4) is 23.3 Å². The predicted molar refractivity (Wildman–Crippen MR) is 140 cm³/mol. The fourth-order valence-electron chi connectivity index (χ4n) is 7.60. The molecule has 9 rings (SSSR count). The van der Waals surface area contributed by atoms with Crippen LogP contribution < -0.4 is 4.74 Å². The van der Waals surface area contributed by atoms with Crippen LogP contribution in [0.1, 0.15) is 48.0 Å². The van der Waals surface area contributed by atoms with Crippen LogP contribution >= 0.6 is 0 Å². The number of methoxy groups -OCH3 is 1. The van der Waals surface area contributed by atoms with Gasteiger partial charge in [-0.3, -0.25) is 4.79 Å². The van der Waals surface area contributed by atoms with Gasteiger partial charge in [0.25, 0.3) is 5.91 Å². The summed E-state index contributed by atoms with van der Waals surface area (Å²) in [5, 5.41) is 10.5. The highest BCUT2D eigenvalue weighted by Gasteiger charge is 2.66. The number of amides is 1. The first-order valence-electron chi connectivity index (χ1n) is 13.4. The molecule has 1 saturated heterocycles. The maximum atomic E-state index is 13.6. The molecule has 7 nitrogen and oxygen atoms in total. The second-order valence-corrected chi connectivity index (χ2v) is 11.8. The van der Waals surface area contributed by atoms with Gasteiger partial charge in [-0.25, -0.2) is 4.98 Å². The van der Waals surface area contributed by atoms with Crippen LogP contribution in [-0.4, -0.2) is 44.6 Å². The van der Waals surface area contributed by atoms with Crippen LogP contribution in [0.15, 0.2) is 36.4 Å².